The number of Topliss-reactive ketones (excluding diaryl/α,β-unsaturated/α-hetero) is 1. The summed E-state index contributed by atoms with van der Waals surface area (Å²) in [6.45, 7) is 6.67. The van der Waals surface area contributed by atoms with Crippen LogP contribution in [0.3, 0.4) is 0 Å². The zero-order valence-electron chi connectivity index (χ0n) is 9.66. The average Bonchev–Trinajstić information content (AvgIpc) is 1.99. The lowest BCUT2D eigenvalue weighted by Crippen LogP contribution is -2.36. The smallest absolute Gasteiger partial charge is 0.207 e. The minimum absolute atomic E-state index is 0.0158. The molecule has 0 N–H and O–H groups in total. The quantitative estimate of drug-likeness (QED) is 0.424. The van der Waals surface area contributed by atoms with Crippen LogP contribution in [0.4, 0.5) is 0 Å². The molecule has 4 nitrogen and oxygen atoms in total. The lowest BCUT2D eigenvalue weighted by atomic mass is 9.88. The third-order valence-corrected chi connectivity index (χ3v) is 6.13. The standard InChI is InChI=1S/C10H19NO3Si/c1-15(2,3)10-5-8(7-11(13)14)4-9(12)6-10/h8,10H,4-7H2,1-3H3/t8-,10+/m0/s1. The van der Waals surface area contributed by atoms with E-state index in [1.165, 1.54) is 0 Å². The topological polar surface area (TPSA) is 60.2 Å². The first-order valence-electron chi connectivity index (χ1n) is 5.42. The predicted molar refractivity (Wildman–Crippen MR) is 61.3 cm³/mol. The van der Waals surface area contributed by atoms with Crippen LogP contribution in [0.15, 0.2) is 0 Å². The Bertz CT molecular complexity index is 270. The van der Waals surface area contributed by atoms with E-state index in [1.807, 2.05) is 0 Å². The first-order chi connectivity index (χ1) is 6.79. The van der Waals surface area contributed by atoms with Gasteiger partial charge in [0.05, 0.1) is 0 Å². The Morgan fingerprint density at radius 1 is 1.40 bits per heavy atom. The molecule has 0 spiro atoms. The van der Waals surface area contributed by atoms with Crippen molar-refractivity contribution in [2.24, 2.45) is 5.92 Å². The second-order valence-electron chi connectivity index (χ2n) is 5.63. The molecule has 2 atom stereocenters. The van der Waals surface area contributed by atoms with E-state index in [9.17, 15) is 14.9 Å². The molecule has 1 rings (SSSR count). The van der Waals surface area contributed by atoms with Crippen molar-refractivity contribution in [3.63, 3.8) is 0 Å². The molecule has 0 saturated heterocycles. The maximum absolute atomic E-state index is 11.5. The first kappa shape index (κ1) is 12.4. The Morgan fingerprint density at radius 3 is 2.47 bits per heavy atom. The van der Waals surface area contributed by atoms with E-state index in [0.717, 1.165) is 6.42 Å². The van der Waals surface area contributed by atoms with Crippen molar-refractivity contribution in [2.75, 3.05) is 6.54 Å². The number of hydrogen-bond donors (Lipinski definition) is 0. The van der Waals surface area contributed by atoms with Crippen molar-refractivity contribution >= 4 is 13.9 Å². The van der Waals surface area contributed by atoms with Gasteiger partial charge >= 0.3 is 0 Å². The summed E-state index contributed by atoms with van der Waals surface area (Å²) in [6.07, 6.45) is 1.95. The summed E-state index contributed by atoms with van der Waals surface area (Å²) in [7, 11) is -1.33. The first-order valence-corrected chi connectivity index (χ1v) is 9.00. The highest BCUT2D eigenvalue weighted by molar-refractivity contribution is 6.77. The lowest BCUT2D eigenvalue weighted by molar-refractivity contribution is -0.488. The molecule has 0 aromatic carbocycles. The monoisotopic (exact) mass is 229 g/mol. The molecule has 1 saturated carbocycles. The summed E-state index contributed by atoms with van der Waals surface area (Å²) in [5.74, 6) is 0.207. The van der Waals surface area contributed by atoms with Crippen LogP contribution < -0.4 is 0 Å². The van der Waals surface area contributed by atoms with Crippen molar-refractivity contribution in [3.8, 4) is 0 Å². The Kier molecular flexibility index (Phi) is 3.65. The molecular weight excluding hydrogens is 210 g/mol. The molecule has 0 heterocycles. The van der Waals surface area contributed by atoms with Crippen molar-refractivity contribution in [1.82, 2.24) is 0 Å². The minimum Gasteiger partial charge on any atom is -0.300 e. The number of nitrogens with zero attached hydrogens (tertiary/aromatic N) is 1. The fraction of sp³-hybridized carbons (Fsp3) is 0.900. The summed E-state index contributed by atoms with van der Waals surface area (Å²) in [5, 5.41) is 10.4. The number of ketones is 1. The summed E-state index contributed by atoms with van der Waals surface area (Å²) in [4.78, 5) is 21.7. The van der Waals surface area contributed by atoms with Crippen molar-refractivity contribution in [1.29, 1.82) is 0 Å². The number of carbonyl (C=O) groups excluding carboxylic acids is 1. The maximum Gasteiger partial charge on any atom is 0.207 e. The van der Waals surface area contributed by atoms with Crippen LogP contribution in [-0.2, 0) is 4.79 Å². The van der Waals surface area contributed by atoms with Crippen LogP contribution in [0.2, 0.25) is 25.2 Å². The number of hydrogen-bond acceptors (Lipinski definition) is 3. The third-order valence-electron chi connectivity index (χ3n) is 3.24. The molecule has 0 aromatic rings. The van der Waals surface area contributed by atoms with Crippen molar-refractivity contribution in [3.05, 3.63) is 10.1 Å². The van der Waals surface area contributed by atoms with Crippen LogP contribution >= 0.6 is 0 Å². The predicted octanol–water partition coefficient (Wildman–Crippen LogP) is 2.34. The van der Waals surface area contributed by atoms with Gasteiger partial charge in [-0.1, -0.05) is 19.6 Å². The number of nitro groups is 1. The largest absolute Gasteiger partial charge is 0.300 e. The maximum atomic E-state index is 11.5. The molecule has 1 fully saturated rings. The van der Waals surface area contributed by atoms with Crippen molar-refractivity contribution < 1.29 is 9.72 Å². The lowest BCUT2D eigenvalue weighted by Gasteiger charge is -2.34. The van der Waals surface area contributed by atoms with E-state index in [-0.39, 0.29) is 23.2 Å². The van der Waals surface area contributed by atoms with Gasteiger partial charge in [-0.05, 0) is 12.0 Å². The fourth-order valence-corrected chi connectivity index (χ4v) is 4.14. The van der Waals surface area contributed by atoms with Crippen LogP contribution in [0.25, 0.3) is 0 Å². The Morgan fingerprint density at radius 2 is 2.00 bits per heavy atom. The molecule has 0 aromatic heterocycles. The van der Waals surface area contributed by atoms with Crippen LogP contribution in [0.5, 0.6) is 0 Å². The Balaban J connectivity index is 2.64. The zero-order chi connectivity index (χ0) is 11.6. The third kappa shape index (κ3) is 3.74. The molecular formula is C10H19NO3Si. The number of carbonyl (C=O) groups is 1. The highest BCUT2D eigenvalue weighted by Crippen LogP contribution is 2.38. The van der Waals surface area contributed by atoms with Gasteiger partial charge in [-0.25, -0.2) is 0 Å². The van der Waals surface area contributed by atoms with E-state index in [2.05, 4.69) is 19.6 Å². The molecule has 15 heavy (non-hydrogen) atoms. The fourth-order valence-electron chi connectivity index (χ4n) is 2.26. The SMILES string of the molecule is C[Si](C)(C)[C@H]1CC(=O)C[C@H](C[N+](=O)[O-])C1. The minimum atomic E-state index is -1.33. The van der Waals surface area contributed by atoms with Gasteiger partial charge in [-0.15, -0.1) is 0 Å². The van der Waals surface area contributed by atoms with E-state index in [0.29, 0.717) is 18.4 Å². The number of rotatable bonds is 3. The molecule has 1 aliphatic carbocycles. The zero-order valence-corrected chi connectivity index (χ0v) is 10.7. The molecule has 5 heteroatoms. The van der Waals surface area contributed by atoms with Gasteiger partial charge in [0.25, 0.3) is 0 Å². The van der Waals surface area contributed by atoms with Gasteiger partial charge in [0.2, 0.25) is 6.54 Å². The molecule has 0 bridgehead atoms. The summed E-state index contributed by atoms with van der Waals surface area (Å²) >= 11 is 0. The van der Waals surface area contributed by atoms with Gasteiger partial charge in [-0.3, -0.25) is 14.9 Å². The van der Waals surface area contributed by atoms with Crippen LogP contribution in [0.1, 0.15) is 19.3 Å². The van der Waals surface area contributed by atoms with E-state index in [1.54, 1.807) is 0 Å². The highest BCUT2D eigenvalue weighted by Gasteiger charge is 2.36. The summed E-state index contributed by atoms with van der Waals surface area (Å²) < 4.78 is 0. The normalized spacial score (nSPS) is 27.8. The average molecular weight is 229 g/mol. The summed E-state index contributed by atoms with van der Waals surface area (Å²) in [6, 6.07) is 0. The van der Waals surface area contributed by atoms with Gasteiger partial charge < -0.3 is 0 Å². The molecule has 86 valence electrons. The van der Waals surface area contributed by atoms with E-state index >= 15 is 0 Å². The molecule has 0 radical (unpaired) electrons. The van der Waals surface area contributed by atoms with Gasteiger partial charge in [0.1, 0.15) is 5.78 Å². The highest BCUT2D eigenvalue weighted by atomic mass is 28.3. The second-order valence-corrected chi connectivity index (χ2v) is 11.2. The Labute approximate surface area is 91.2 Å². The van der Waals surface area contributed by atoms with Gasteiger partial charge in [0.15, 0.2) is 0 Å². The second kappa shape index (κ2) is 4.43. The van der Waals surface area contributed by atoms with Crippen LogP contribution in [-0.4, -0.2) is 25.3 Å². The molecule has 0 unspecified atom stereocenters. The molecule has 1 aliphatic rings. The Hall–Kier alpha value is -0.713. The molecule has 0 amide bonds. The van der Waals surface area contributed by atoms with E-state index in [4.69, 9.17) is 0 Å². The summed E-state index contributed by atoms with van der Waals surface area (Å²) in [5.41, 5.74) is 0.434. The van der Waals surface area contributed by atoms with Crippen molar-refractivity contribution in [2.45, 2.75) is 44.4 Å². The van der Waals surface area contributed by atoms with E-state index < -0.39 is 8.07 Å². The van der Waals surface area contributed by atoms with Crippen LogP contribution in [0, 0.1) is 16.0 Å². The molecule has 0 aliphatic heterocycles. The van der Waals surface area contributed by atoms with Gasteiger partial charge in [-0.2, -0.15) is 0 Å². The van der Waals surface area contributed by atoms with Gasteiger partial charge in [0, 0.05) is 31.8 Å².